The van der Waals surface area contributed by atoms with E-state index in [1.165, 1.54) is 13.0 Å². The first-order valence-electron chi connectivity index (χ1n) is 4.30. The standard InChI is InChI=1S/C10H10O4/c1-6(11)9-5-13-10-7(12)3-2-4-8(10)14-9/h2-4,9,12H,5H2,1H3. The summed E-state index contributed by atoms with van der Waals surface area (Å²) in [6, 6.07) is 4.81. The first-order valence-corrected chi connectivity index (χ1v) is 4.30. The highest BCUT2D eigenvalue weighted by Crippen LogP contribution is 2.39. The lowest BCUT2D eigenvalue weighted by molar-refractivity contribution is -0.125. The van der Waals surface area contributed by atoms with Crippen LogP contribution in [0.25, 0.3) is 0 Å². The molecule has 2 rings (SSSR count). The van der Waals surface area contributed by atoms with Gasteiger partial charge in [0.1, 0.15) is 6.61 Å². The molecule has 0 spiro atoms. The Labute approximate surface area is 81.1 Å². The number of ketones is 1. The Morgan fingerprint density at radius 1 is 1.57 bits per heavy atom. The highest BCUT2D eigenvalue weighted by Gasteiger charge is 2.26. The van der Waals surface area contributed by atoms with E-state index in [2.05, 4.69) is 0 Å². The van der Waals surface area contributed by atoms with Crippen molar-refractivity contribution in [1.82, 2.24) is 0 Å². The molecule has 4 heteroatoms. The fraction of sp³-hybridized carbons (Fsp3) is 0.300. The molecule has 1 heterocycles. The van der Waals surface area contributed by atoms with E-state index < -0.39 is 6.10 Å². The van der Waals surface area contributed by atoms with Crippen LogP contribution in [0.4, 0.5) is 0 Å². The highest BCUT2D eigenvalue weighted by atomic mass is 16.6. The Morgan fingerprint density at radius 3 is 3.07 bits per heavy atom. The van der Waals surface area contributed by atoms with Crippen LogP contribution in [0, 0.1) is 0 Å². The average molecular weight is 194 g/mol. The average Bonchev–Trinajstić information content (AvgIpc) is 2.17. The summed E-state index contributed by atoms with van der Waals surface area (Å²) in [6.07, 6.45) is -0.565. The Bertz CT molecular complexity index is 372. The number of fused-ring (bicyclic) bond motifs is 1. The number of hydrogen-bond donors (Lipinski definition) is 1. The molecule has 0 aromatic heterocycles. The van der Waals surface area contributed by atoms with Crippen LogP contribution in [0.3, 0.4) is 0 Å². The third kappa shape index (κ3) is 1.39. The molecule has 74 valence electrons. The molecule has 1 N–H and O–H groups in total. The van der Waals surface area contributed by atoms with Gasteiger partial charge in [-0.2, -0.15) is 0 Å². The van der Waals surface area contributed by atoms with Gasteiger partial charge in [0, 0.05) is 0 Å². The molecule has 1 aliphatic heterocycles. The lowest BCUT2D eigenvalue weighted by atomic mass is 10.2. The van der Waals surface area contributed by atoms with E-state index in [0.717, 1.165) is 0 Å². The second-order valence-electron chi connectivity index (χ2n) is 3.13. The molecule has 1 aliphatic rings. The van der Waals surface area contributed by atoms with E-state index in [9.17, 15) is 9.90 Å². The van der Waals surface area contributed by atoms with Gasteiger partial charge in [-0.3, -0.25) is 4.79 Å². The zero-order valence-electron chi connectivity index (χ0n) is 7.69. The van der Waals surface area contributed by atoms with Crippen LogP contribution >= 0.6 is 0 Å². The zero-order valence-corrected chi connectivity index (χ0v) is 7.69. The maximum absolute atomic E-state index is 11.0. The highest BCUT2D eigenvalue weighted by molar-refractivity contribution is 5.81. The largest absolute Gasteiger partial charge is 0.504 e. The lowest BCUT2D eigenvalue weighted by Crippen LogP contribution is -2.34. The third-order valence-corrected chi connectivity index (χ3v) is 2.06. The zero-order chi connectivity index (χ0) is 10.1. The summed E-state index contributed by atoms with van der Waals surface area (Å²) in [5, 5.41) is 9.39. The van der Waals surface area contributed by atoms with Gasteiger partial charge >= 0.3 is 0 Å². The summed E-state index contributed by atoms with van der Waals surface area (Å²) < 4.78 is 10.6. The molecule has 0 radical (unpaired) electrons. The minimum Gasteiger partial charge on any atom is -0.504 e. The first-order chi connectivity index (χ1) is 6.68. The van der Waals surface area contributed by atoms with Gasteiger partial charge in [0.05, 0.1) is 0 Å². The molecular formula is C10H10O4. The van der Waals surface area contributed by atoms with Crippen LogP contribution in [0.15, 0.2) is 18.2 Å². The molecule has 0 fully saturated rings. The van der Waals surface area contributed by atoms with E-state index in [4.69, 9.17) is 9.47 Å². The number of carbonyl (C=O) groups is 1. The third-order valence-electron chi connectivity index (χ3n) is 2.06. The number of phenols is 1. The smallest absolute Gasteiger partial charge is 0.203 e. The van der Waals surface area contributed by atoms with Crippen molar-refractivity contribution in [1.29, 1.82) is 0 Å². The van der Waals surface area contributed by atoms with Crippen molar-refractivity contribution < 1.29 is 19.4 Å². The van der Waals surface area contributed by atoms with Gasteiger partial charge in [-0.15, -0.1) is 0 Å². The molecule has 1 aromatic rings. The topological polar surface area (TPSA) is 55.8 Å². The number of rotatable bonds is 1. The number of para-hydroxylation sites is 1. The van der Waals surface area contributed by atoms with Gasteiger partial charge in [0.2, 0.25) is 5.75 Å². The van der Waals surface area contributed by atoms with Crippen LogP contribution in [-0.2, 0) is 4.79 Å². The number of aromatic hydroxyl groups is 1. The Morgan fingerprint density at radius 2 is 2.36 bits per heavy atom. The molecule has 1 atom stereocenters. The van der Waals surface area contributed by atoms with Gasteiger partial charge in [-0.1, -0.05) is 6.07 Å². The molecule has 14 heavy (non-hydrogen) atoms. The monoisotopic (exact) mass is 194 g/mol. The van der Waals surface area contributed by atoms with Crippen molar-refractivity contribution in [2.45, 2.75) is 13.0 Å². The lowest BCUT2D eigenvalue weighted by Gasteiger charge is -2.24. The van der Waals surface area contributed by atoms with Crippen molar-refractivity contribution in [2.24, 2.45) is 0 Å². The van der Waals surface area contributed by atoms with Crippen LogP contribution in [0.1, 0.15) is 6.92 Å². The summed E-state index contributed by atoms with van der Waals surface area (Å²) in [5.74, 6) is 0.671. The Balaban J connectivity index is 2.31. The predicted octanol–water partition coefficient (Wildman–Crippen LogP) is 1.12. The second-order valence-corrected chi connectivity index (χ2v) is 3.13. The van der Waals surface area contributed by atoms with E-state index in [0.29, 0.717) is 11.5 Å². The van der Waals surface area contributed by atoms with Crippen LogP contribution in [-0.4, -0.2) is 23.6 Å². The fourth-order valence-electron chi connectivity index (χ4n) is 1.29. The van der Waals surface area contributed by atoms with Crippen molar-refractivity contribution >= 4 is 5.78 Å². The van der Waals surface area contributed by atoms with Gasteiger partial charge in [-0.25, -0.2) is 0 Å². The van der Waals surface area contributed by atoms with Gasteiger partial charge in [0.15, 0.2) is 23.4 Å². The van der Waals surface area contributed by atoms with Crippen molar-refractivity contribution in [3.8, 4) is 17.2 Å². The quantitative estimate of drug-likeness (QED) is 0.727. The number of ether oxygens (including phenoxy) is 2. The summed E-state index contributed by atoms with van der Waals surface area (Å²) >= 11 is 0. The summed E-state index contributed by atoms with van der Waals surface area (Å²) in [4.78, 5) is 11.0. The predicted molar refractivity (Wildman–Crippen MR) is 48.7 cm³/mol. The summed E-state index contributed by atoms with van der Waals surface area (Å²) in [6.45, 7) is 1.60. The molecule has 0 bridgehead atoms. The molecule has 0 saturated carbocycles. The van der Waals surface area contributed by atoms with Gasteiger partial charge < -0.3 is 14.6 Å². The van der Waals surface area contributed by atoms with Crippen molar-refractivity contribution in [2.75, 3.05) is 6.61 Å². The first kappa shape index (κ1) is 8.87. The summed E-state index contributed by atoms with van der Waals surface area (Å²) in [5.41, 5.74) is 0. The molecule has 0 saturated heterocycles. The SMILES string of the molecule is CC(=O)C1COc2c(O)cccc2O1. The molecule has 0 aliphatic carbocycles. The van der Waals surface area contributed by atoms with Gasteiger partial charge in [0.25, 0.3) is 0 Å². The number of phenolic OH excluding ortho intramolecular Hbond substituents is 1. The fourth-order valence-corrected chi connectivity index (χ4v) is 1.29. The summed E-state index contributed by atoms with van der Waals surface area (Å²) in [7, 11) is 0. The van der Waals surface area contributed by atoms with E-state index in [-0.39, 0.29) is 18.1 Å². The van der Waals surface area contributed by atoms with E-state index in [1.54, 1.807) is 12.1 Å². The number of Topliss-reactive ketones (excluding diaryl/α,β-unsaturated/α-hetero) is 1. The maximum Gasteiger partial charge on any atom is 0.203 e. The van der Waals surface area contributed by atoms with E-state index >= 15 is 0 Å². The minimum absolute atomic E-state index is 0.0319. The molecule has 4 nitrogen and oxygen atoms in total. The van der Waals surface area contributed by atoms with Gasteiger partial charge in [-0.05, 0) is 19.1 Å². The molecule has 0 amide bonds. The van der Waals surface area contributed by atoms with Crippen molar-refractivity contribution in [3.63, 3.8) is 0 Å². The number of hydrogen-bond acceptors (Lipinski definition) is 4. The number of carbonyl (C=O) groups excluding carboxylic acids is 1. The van der Waals surface area contributed by atoms with Crippen LogP contribution < -0.4 is 9.47 Å². The Hall–Kier alpha value is -1.71. The number of benzene rings is 1. The Kier molecular flexibility index (Phi) is 2.04. The van der Waals surface area contributed by atoms with Crippen LogP contribution in [0.2, 0.25) is 0 Å². The van der Waals surface area contributed by atoms with E-state index in [1.807, 2.05) is 0 Å². The molecule has 1 unspecified atom stereocenters. The maximum atomic E-state index is 11.0. The minimum atomic E-state index is -0.565. The normalized spacial score (nSPS) is 19.1. The van der Waals surface area contributed by atoms with Crippen molar-refractivity contribution in [3.05, 3.63) is 18.2 Å². The molecular weight excluding hydrogens is 184 g/mol. The van der Waals surface area contributed by atoms with Crippen LogP contribution in [0.5, 0.6) is 17.2 Å². The molecule has 1 aromatic carbocycles. The second kappa shape index (κ2) is 3.21.